The van der Waals surface area contributed by atoms with Gasteiger partial charge in [-0.3, -0.25) is 4.79 Å². The van der Waals surface area contributed by atoms with Gasteiger partial charge in [-0.05, 0) is 24.6 Å². The van der Waals surface area contributed by atoms with E-state index in [2.05, 4.69) is 15.3 Å². The van der Waals surface area contributed by atoms with E-state index in [0.717, 1.165) is 22.2 Å². The molecule has 0 aliphatic rings. The van der Waals surface area contributed by atoms with E-state index < -0.39 is 0 Å². The van der Waals surface area contributed by atoms with E-state index in [1.54, 1.807) is 6.20 Å². The molecule has 134 valence electrons. The number of hydrogen-bond acceptors (Lipinski definition) is 4. The Morgan fingerprint density at radius 2 is 1.78 bits per heavy atom. The first-order valence-electron chi connectivity index (χ1n) is 8.94. The first-order chi connectivity index (χ1) is 13.3. The topological polar surface area (TPSA) is 68.0 Å². The van der Waals surface area contributed by atoms with Gasteiger partial charge < -0.3 is 9.73 Å². The number of para-hydroxylation sites is 1. The average Bonchev–Trinajstić information content (AvgIpc) is 3.17. The number of pyridine rings is 1. The summed E-state index contributed by atoms with van der Waals surface area (Å²) in [5.41, 5.74) is 1.86. The average molecular weight is 357 g/mol. The fourth-order valence-corrected chi connectivity index (χ4v) is 2.90. The molecule has 0 aliphatic heterocycles. The predicted octanol–water partition coefficient (Wildman–Crippen LogP) is 4.85. The number of carbonyl (C=O) groups is 1. The van der Waals surface area contributed by atoms with Gasteiger partial charge in [0, 0.05) is 23.8 Å². The van der Waals surface area contributed by atoms with Gasteiger partial charge in [-0.2, -0.15) is 0 Å². The van der Waals surface area contributed by atoms with Crippen molar-refractivity contribution >= 4 is 22.6 Å². The van der Waals surface area contributed by atoms with Crippen molar-refractivity contribution in [1.82, 2.24) is 9.97 Å². The standard InChI is InChI=1S/C22H19N3O2/c26-21(25-20-14-13-16-7-4-5-10-18(16)24-20)11-6-12-22-23-15-19(27-22)17-8-2-1-3-9-17/h1-5,7-10,13-15H,6,11-12H2,(H,24,25,26). The van der Waals surface area contributed by atoms with Gasteiger partial charge in [0.15, 0.2) is 11.7 Å². The molecule has 1 N–H and O–H groups in total. The minimum absolute atomic E-state index is 0.0624. The summed E-state index contributed by atoms with van der Waals surface area (Å²) in [6.45, 7) is 0. The predicted molar refractivity (Wildman–Crippen MR) is 105 cm³/mol. The van der Waals surface area contributed by atoms with E-state index >= 15 is 0 Å². The highest BCUT2D eigenvalue weighted by Crippen LogP contribution is 2.20. The maximum Gasteiger partial charge on any atom is 0.225 e. The van der Waals surface area contributed by atoms with Crippen molar-refractivity contribution < 1.29 is 9.21 Å². The van der Waals surface area contributed by atoms with E-state index in [1.165, 1.54) is 0 Å². The van der Waals surface area contributed by atoms with E-state index in [4.69, 9.17) is 4.42 Å². The molecule has 2 aromatic heterocycles. The smallest absolute Gasteiger partial charge is 0.225 e. The zero-order valence-corrected chi connectivity index (χ0v) is 14.8. The van der Waals surface area contributed by atoms with Gasteiger partial charge in [-0.1, -0.05) is 48.5 Å². The van der Waals surface area contributed by atoms with Crippen molar-refractivity contribution in [2.45, 2.75) is 19.3 Å². The molecule has 0 unspecified atom stereocenters. The zero-order valence-electron chi connectivity index (χ0n) is 14.8. The number of fused-ring (bicyclic) bond motifs is 1. The summed E-state index contributed by atoms with van der Waals surface area (Å²) >= 11 is 0. The number of rotatable bonds is 6. The summed E-state index contributed by atoms with van der Waals surface area (Å²) in [5, 5.41) is 3.90. The quantitative estimate of drug-likeness (QED) is 0.535. The van der Waals surface area contributed by atoms with Crippen LogP contribution < -0.4 is 5.32 Å². The van der Waals surface area contributed by atoms with Crippen LogP contribution in [0.1, 0.15) is 18.7 Å². The third-order valence-corrected chi connectivity index (χ3v) is 4.27. The second kappa shape index (κ2) is 7.83. The largest absolute Gasteiger partial charge is 0.441 e. The normalized spacial score (nSPS) is 10.8. The molecule has 2 aromatic carbocycles. The van der Waals surface area contributed by atoms with Crippen LogP contribution in [0.25, 0.3) is 22.2 Å². The Morgan fingerprint density at radius 3 is 2.67 bits per heavy atom. The second-order valence-corrected chi connectivity index (χ2v) is 6.28. The second-order valence-electron chi connectivity index (χ2n) is 6.28. The molecule has 0 saturated carbocycles. The molecule has 0 saturated heterocycles. The van der Waals surface area contributed by atoms with Gasteiger partial charge in [0.25, 0.3) is 0 Å². The van der Waals surface area contributed by atoms with Crippen LogP contribution in [-0.4, -0.2) is 15.9 Å². The van der Waals surface area contributed by atoms with Gasteiger partial charge in [0.2, 0.25) is 5.91 Å². The Labute approximate surface area is 157 Å². The molecule has 0 radical (unpaired) electrons. The molecule has 4 rings (SSSR count). The molecule has 0 aliphatic carbocycles. The van der Waals surface area contributed by atoms with Gasteiger partial charge >= 0.3 is 0 Å². The molecule has 4 aromatic rings. The number of aromatic nitrogens is 2. The lowest BCUT2D eigenvalue weighted by Gasteiger charge is -2.05. The number of anilines is 1. The summed E-state index contributed by atoms with van der Waals surface area (Å²) in [6.07, 6.45) is 3.39. The minimum atomic E-state index is -0.0624. The van der Waals surface area contributed by atoms with Crippen molar-refractivity contribution in [3.8, 4) is 11.3 Å². The fourth-order valence-electron chi connectivity index (χ4n) is 2.90. The molecule has 2 heterocycles. The number of amides is 1. The highest BCUT2D eigenvalue weighted by Gasteiger charge is 2.08. The van der Waals surface area contributed by atoms with E-state index in [-0.39, 0.29) is 5.91 Å². The number of aryl methyl sites for hydroxylation is 1. The number of oxazole rings is 1. The Balaban J connectivity index is 1.30. The summed E-state index contributed by atoms with van der Waals surface area (Å²) in [4.78, 5) is 20.9. The number of hydrogen-bond donors (Lipinski definition) is 1. The Bertz CT molecular complexity index is 1060. The lowest BCUT2D eigenvalue weighted by atomic mass is 10.2. The monoisotopic (exact) mass is 357 g/mol. The number of nitrogens with zero attached hydrogens (tertiary/aromatic N) is 2. The van der Waals surface area contributed by atoms with Gasteiger partial charge in [0.1, 0.15) is 5.82 Å². The van der Waals surface area contributed by atoms with Crippen LogP contribution in [0, 0.1) is 0 Å². The maximum absolute atomic E-state index is 12.2. The van der Waals surface area contributed by atoms with Crippen molar-refractivity contribution in [3.63, 3.8) is 0 Å². The Kier molecular flexibility index (Phi) is 4.92. The summed E-state index contributed by atoms with van der Waals surface area (Å²) in [6, 6.07) is 21.4. The molecule has 5 heteroatoms. The minimum Gasteiger partial charge on any atom is -0.441 e. The number of benzene rings is 2. The number of carbonyl (C=O) groups excluding carboxylic acids is 1. The SMILES string of the molecule is O=C(CCCc1ncc(-c2ccccc2)o1)Nc1ccc2ccccc2n1. The van der Waals surface area contributed by atoms with Crippen LogP contribution in [0.5, 0.6) is 0 Å². The van der Waals surface area contributed by atoms with Crippen LogP contribution in [0.15, 0.2) is 77.3 Å². The molecule has 0 spiro atoms. The van der Waals surface area contributed by atoms with Crippen molar-refractivity contribution in [3.05, 3.63) is 78.8 Å². The molecular formula is C22H19N3O2. The summed E-state index contributed by atoms with van der Waals surface area (Å²) in [5.74, 6) is 1.90. The van der Waals surface area contributed by atoms with E-state index in [0.29, 0.717) is 31.0 Å². The van der Waals surface area contributed by atoms with Crippen molar-refractivity contribution in [2.75, 3.05) is 5.32 Å². The molecule has 5 nitrogen and oxygen atoms in total. The first kappa shape index (κ1) is 17.0. The highest BCUT2D eigenvalue weighted by molar-refractivity contribution is 5.91. The van der Waals surface area contributed by atoms with Crippen LogP contribution in [-0.2, 0) is 11.2 Å². The highest BCUT2D eigenvalue weighted by atomic mass is 16.4. The number of nitrogens with one attached hydrogen (secondary N) is 1. The lowest BCUT2D eigenvalue weighted by Crippen LogP contribution is -2.12. The summed E-state index contributed by atoms with van der Waals surface area (Å²) in [7, 11) is 0. The van der Waals surface area contributed by atoms with Crippen LogP contribution in [0.3, 0.4) is 0 Å². The van der Waals surface area contributed by atoms with Crippen molar-refractivity contribution in [2.24, 2.45) is 0 Å². The van der Waals surface area contributed by atoms with Crippen LogP contribution in [0.2, 0.25) is 0 Å². The molecular weight excluding hydrogens is 338 g/mol. The molecule has 0 bridgehead atoms. The van der Waals surface area contributed by atoms with Gasteiger partial charge in [-0.15, -0.1) is 0 Å². The first-order valence-corrected chi connectivity index (χ1v) is 8.94. The fraction of sp³-hybridized carbons (Fsp3) is 0.136. The van der Waals surface area contributed by atoms with E-state index in [9.17, 15) is 4.79 Å². The van der Waals surface area contributed by atoms with Crippen LogP contribution in [0.4, 0.5) is 5.82 Å². The third-order valence-electron chi connectivity index (χ3n) is 4.27. The third kappa shape index (κ3) is 4.20. The van der Waals surface area contributed by atoms with Crippen LogP contribution >= 0.6 is 0 Å². The van der Waals surface area contributed by atoms with Crippen molar-refractivity contribution in [1.29, 1.82) is 0 Å². The zero-order chi connectivity index (χ0) is 18.5. The van der Waals surface area contributed by atoms with Gasteiger partial charge in [-0.25, -0.2) is 9.97 Å². The molecule has 0 fully saturated rings. The molecule has 0 atom stereocenters. The van der Waals surface area contributed by atoms with Gasteiger partial charge in [0.05, 0.1) is 11.7 Å². The summed E-state index contributed by atoms with van der Waals surface area (Å²) < 4.78 is 5.76. The Morgan fingerprint density at radius 1 is 0.963 bits per heavy atom. The lowest BCUT2D eigenvalue weighted by molar-refractivity contribution is -0.116. The molecule has 1 amide bonds. The van der Waals surface area contributed by atoms with E-state index in [1.807, 2.05) is 66.7 Å². The maximum atomic E-state index is 12.2. The Hall–Kier alpha value is -3.47. The molecule has 27 heavy (non-hydrogen) atoms.